The Hall–Kier alpha value is -0.820. The molecule has 0 aromatic carbocycles. The number of thiophene rings is 1. The van der Waals surface area contributed by atoms with Crippen LogP contribution in [0.3, 0.4) is 0 Å². The zero-order valence-corrected chi connectivity index (χ0v) is 12.3. The molecule has 0 fully saturated rings. The summed E-state index contributed by atoms with van der Waals surface area (Å²) in [5.74, 6) is 0. The van der Waals surface area contributed by atoms with Gasteiger partial charge in [0.15, 0.2) is 0 Å². The topological polar surface area (TPSA) is 0 Å². The van der Waals surface area contributed by atoms with Crippen LogP contribution >= 0.6 is 11.3 Å². The predicted molar refractivity (Wildman–Crippen MR) is 85.1 cm³/mol. The SMILES string of the molecule is C=CCCCCCCCCCC=Cc1cccs1. The van der Waals surface area contributed by atoms with Crippen molar-refractivity contribution in [3.05, 3.63) is 41.1 Å². The van der Waals surface area contributed by atoms with E-state index in [1.165, 1.54) is 62.7 Å². The zero-order chi connectivity index (χ0) is 12.9. The van der Waals surface area contributed by atoms with Gasteiger partial charge in [-0.3, -0.25) is 0 Å². The van der Waals surface area contributed by atoms with Crippen molar-refractivity contribution in [1.29, 1.82) is 0 Å². The summed E-state index contributed by atoms with van der Waals surface area (Å²) < 4.78 is 0. The molecule has 0 spiro atoms. The number of hydrogen-bond acceptors (Lipinski definition) is 1. The maximum atomic E-state index is 3.75. The lowest BCUT2D eigenvalue weighted by molar-refractivity contribution is 0.584. The van der Waals surface area contributed by atoms with Crippen LogP contribution in [0.25, 0.3) is 6.08 Å². The summed E-state index contributed by atoms with van der Waals surface area (Å²) in [5.41, 5.74) is 0. The van der Waals surface area contributed by atoms with Crippen LogP contribution in [0.1, 0.15) is 62.7 Å². The normalized spacial score (nSPS) is 11.1. The minimum atomic E-state index is 1.19. The lowest BCUT2D eigenvalue weighted by Crippen LogP contribution is -1.80. The first-order valence-electron chi connectivity index (χ1n) is 7.24. The van der Waals surface area contributed by atoms with Gasteiger partial charge in [0, 0.05) is 4.88 Å². The Labute approximate surface area is 116 Å². The predicted octanol–water partition coefficient (Wildman–Crippen LogP) is 6.46. The second-order valence-corrected chi connectivity index (χ2v) is 5.74. The van der Waals surface area contributed by atoms with Crippen LogP contribution in [0.4, 0.5) is 0 Å². The number of unbranched alkanes of at least 4 members (excludes halogenated alkanes) is 8. The molecule has 100 valence electrons. The Morgan fingerprint density at radius 1 is 0.944 bits per heavy atom. The van der Waals surface area contributed by atoms with Gasteiger partial charge in [-0.15, -0.1) is 17.9 Å². The standard InChI is InChI=1S/C17H26S/c1-2-3-4-5-6-7-8-9-10-11-12-14-17-15-13-16-18-17/h2,12-16H,1,3-11H2. The number of allylic oxidation sites excluding steroid dienone is 2. The Bertz CT molecular complexity index is 308. The van der Waals surface area contributed by atoms with Gasteiger partial charge < -0.3 is 0 Å². The van der Waals surface area contributed by atoms with Crippen molar-refractivity contribution >= 4 is 17.4 Å². The van der Waals surface area contributed by atoms with Crippen LogP contribution in [0, 0.1) is 0 Å². The fourth-order valence-electron chi connectivity index (χ4n) is 2.02. The largest absolute Gasteiger partial charge is 0.144 e. The van der Waals surface area contributed by atoms with Crippen molar-refractivity contribution in [2.45, 2.75) is 57.8 Å². The van der Waals surface area contributed by atoms with Crippen molar-refractivity contribution < 1.29 is 0 Å². The summed E-state index contributed by atoms with van der Waals surface area (Å²) in [5, 5.41) is 2.13. The summed E-state index contributed by atoms with van der Waals surface area (Å²) in [6.07, 6.45) is 18.7. The maximum absolute atomic E-state index is 3.75. The Kier molecular flexibility index (Phi) is 9.55. The summed E-state index contributed by atoms with van der Waals surface area (Å²) in [7, 11) is 0. The van der Waals surface area contributed by atoms with E-state index in [-0.39, 0.29) is 0 Å². The van der Waals surface area contributed by atoms with E-state index in [0.717, 1.165) is 0 Å². The highest BCUT2D eigenvalue weighted by atomic mass is 32.1. The van der Waals surface area contributed by atoms with Crippen molar-refractivity contribution in [2.75, 3.05) is 0 Å². The van der Waals surface area contributed by atoms with Gasteiger partial charge in [-0.05, 0) is 43.2 Å². The van der Waals surface area contributed by atoms with Crippen LogP contribution < -0.4 is 0 Å². The van der Waals surface area contributed by atoms with E-state index in [9.17, 15) is 0 Å². The van der Waals surface area contributed by atoms with E-state index in [1.807, 2.05) is 17.4 Å². The monoisotopic (exact) mass is 262 g/mol. The Morgan fingerprint density at radius 2 is 1.61 bits per heavy atom. The first-order chi connectivity index (χ1) is 8.93. The van der Waals surface area contributed by atoms with E-state index in [1.54, 1.807) is 0 Å². The van der Waals surface area contributed by atoms with Gasteiger partial charge in [-0.2, -0.15) is 0 Å². The molecule has 1 aromatic heterocycles. The van der Waals surface area contributed by atoms with E-state index in [4.69, 9.17) is 0 Å². The third-order valence-corrected chi connectivity index (χ3v) is 3.94. The molecule has 1 heterocycles. The molecular formula is C17H26S. The van der Waals surface area contributed by atoms with Crippen LogP contribution in [0.15, 0.2) is 36.2 Å². The van der Waals surface area contributed by atoms with Crippen LogP contribution in [0.2, 0.25) is 0 Å². The van der Waals surface area contributed by atoms with Crippen LogP contribution in [0.5, 0.6) is 0 Å². The first-order valence-corrected chi connectivity index (χ1v) is 8.12. The molecule has 0 aliphatic heterocycles. The molecule has 0 radical (unpaired) electrons. The molecule has 0 bridgehead atoms. The van der Waals surface area contributed by atoms with E-state index >= 15 is 0 Å². The average Bonchev–Trinajstić information content (AvgIpc) is 2.89. The minimum absolute atomic E-state index is 1.19. The van der Waals surface area contributed by atoms with E-state index in [0.29, 0.717) is 0 Å². The summed E-state index contributed by atoms with van der Waals surface area (Å²) in [6.45, 7) is 3.75. The molecule has 0 saturated heterocycles. The van der Waals surface area contributed by atoms with E-state index in [2.05, 4.69) is 36.2 Å². The fourth-order valence-corrected chi connectivity index (χ4v) is 2.67. The lowest BCUT2D eigenvalue weighted by atomic mass is 10.1. The van der Waals surface area contributed by atoms with E-state index < -0.39 is 0 Å². The summed E-state index contributed by atoms with van der Waals surface area (Å²) in [4.78, 5) is 1.37. The molecule has 0 unspecified atom stereocenters. The van der Waals surface area contributed by atoms with Crippen molar-refractivity contribution in [3.63, 3.8) is 0 Å². The number of hydrogen-bond donors (Lipinski definition) is 0. The molecule has 0 N–H and O–H groups in total. The summed E-state index contributed by atoms with van der Waals surface area (Å²) in [6, 6.07) is 4.28. The highest BCUT2D eigenvalue weighted by Gasteiger charge is 1.91. The molecule has 0 nitrogen and oxygen atoms in total. The van der Waals surface area contributed by atoms with Gasteiger partial charge in [-0.25, -0.2) is 0 Å². The van der Waals surface area contributed by atoms with Gasteiger partial charge in [0.05, 0.1) is 0 Å². The van der Waals surface area contributed by atoms with Crippen molar-refractivity contribution in [1.82, 2.24) is 0 Å². The molecular weight excluding hydrogens is 236 g/mol. The molecule has 0 amide bonds. The smallest absolute Gasteiger partial charge is 0.0267 e. The lowest BCUT2D eigenvalue weighted by Gasteiger charge is -1.99. The van der Waals surface area contributed by atoms with Crippen LogP contribution in [-0.4, -0.2) is 0 Å². The molecule has 0 atom stereocenters. The first kappa shape index (κ1) is 15.2. The second-order valence-electron chi connectivity index (χ2n) is 4.76. The van der Waals surface area contributed by atoms with Gasteiger partial charge in [0.1, 0.15) is 0 Å². The highest BCUT2D eigenvalue weighted by Crippen LogP contribution is 2.13. The highest BCUT2D eigenvalue weighted by molar-refractivity contribution is 7.10. The van der Waals surface area contributed by atoms with Crippen molar-refractivity contribution in [3.8, 4) is 0 Å². The quantitative estimate of drug-likeness (QED) is 0.317. The Morgan fingerprint density at radius 3 is 2.22 bits per heavy atom. The van der Waals surface area contributed by atoms with Crippen molar-refractivity contribution in [2.24, 2.45) is 0 Å². The van der Waals surface area contributed by atoms with Gasteiger partial charge in [0.2, 0.25) is 0 Å². The summed E-state index contributed by atoms with van der Waals surface area (Å²) >= 11 is 1.81. The minimum Gasteiger partial charge on any atom is -0.144 e. The molecule has 0 saturated carbocycles. The molecule has 1 rings (SSSR count). The second kappa shape index (κ2) is 11.3. The zero-order valence-electron chi connectivity index (χ0n) is 11.4. The Balaban J connectivity index is 1.83. The van der Waals surface area contributed by atoms with Gasteiger partial charge in [-0.1, -0.05) is 50.3 Å². The van der Waals surface area contributed by atoms with Gasteiger partial charge >= 0.3 is 0 Å². The molecule has 0 aliphatic carbocycles. The maximum Gasteiger partial charge on any atom is 0.0267 e. The van der Waals surface area contributed by atoms with Crippen LogP contribution in [-0.2, 0) is 0 Å². The molecule has 1 aromatic rings. The molecule has 1 heteroatoms. The third kappa shape index (κ3) is 8.30. The number of rotatable bonds is 11. The molecule has 0 aliphatic rings. The molecule has 18 heavy (non-hydrogen) atoms. The average molecular weight is 262 g/mol. The fraction of sp³-hybridized carbons (Fsp3) is 0.529. The van der Waals surface area contributed by atoms with Gasteiger partial charge in [0.25, 0.3) is 0 Å². The third-order valence-electron chi connectivity index (χ3n) is 3.10.